The van der Waals surface area contributed by atoms with E-state index in [0.29, 0.717) is 0 Å². The van der Waals surface area contributed by atoms with Gasteiger partial charge in [-0.1, -0.05) is 206 Å². The fourth-order valence-corrected chi connectivity index (χ4v) is 11.4. The summed E-state index contributed by atoms with van der Waals surface area (Å²) in [5.74, 6) is 0.201. The molecule has 0 aliphatic heterocycles. The molecule has 13 rings (SSSR count). The van der Waals surface area contributed by atoms with Crippen LogP contribution in [-0.2, 0) is 5.41 Å². The van der Waals surface area contributed by atoms with Crippen molar-refractivity contribution in [1.29, 1.82) is 0 Å². The monoisotopic (exact) mass is 799 g/mol. The van der Waals surface area contributed by atoms with Gasteiger partial charge in [-0.15, -0.1) is 0 Å². The molecule has 0 aromatic heterocycles. The first-order chi connectivity index (χ1) is 31.3. The van der Waals surface area contributed by atoms with Crippen LogP contribution in [0, 0.1) is 0 Å². The molecule has 0 unspecified atom stereocenters. The number of benzene rings is 10. The van der Waals surface area contributed by atoms with E-state index >= 15 is 0 Å². The molecule has 0 fully saturated rings. The molecule has 63 heavy (non-hydrogen) atoms. The highest BCUT2D eigenvalue weighted by Gasteiger charge is 2.52. The van der Waals surface area contributed by atoms with Crippen molar-refractivity contribution in [1.82, 2.24) is 0 Å². The molecule has 0 heterocycles. The van der Waals surface area contributed by atoms with Crippen molar-refractivity contribution in [3.05, 3.63) is 282 Å². The van der Waals surface area contributed by atoms with Crippen LogP contribution in [0.25, 0.3) is 55.6 Å². The zero-order valence-corrected chi connectivity index (χ0v) is 34.6. The summed E-state index contributed by atoms with van der Waals surface area (Å²) in [6, 6.07) is 90.0. The van der Waals surface area contributed by atoms with Crippen LogP contribution < -0.4 is 4.90 Å². The molecular weight excluding hydrogens is 759 g/mol. The second kappa shape index (κ2) is 14.0. The van der Waals surface area contributed by atoms with Crippen LogP contribution in [0.5, 0.6) is 0 Å². The van der Waals surface area contributed by atoms with Crippen molar-refractivity contribution >= 4 is 17.1 Å². The second-order valence-electron chi connectivity index (χ2n) is 17.1. The molecular formula is C62H41N. The van der Waals surface area contributed by atoms with Crippen molar-refractivity contribution in [3.63, 3.8) is 0 Å². The fourth-order valence-electron chi connectivity index (χ4n) is 11.4. The minimum atomic E-state index is -0.368. The Labute approximate surface area is 368 Å². The minimum Gasteiger partial charge on any atom is -0.311 e. The van der Waals surface area contributed by atoms with Crippen LogP contribution in [0.2, 0.25) is 0 Å². The number of rotatable bonds is 6. The number of nitrogens with zero attached hydrogens (tertiary/aromatic N) is 1. The van der Waals surface area contributed by atoms with Crippen molar-refractivity contribution in [2.45, 2.75) is 11.3 Å². The lowest BCUT2D eigenvalue weighted by molar-refractivity contribution is 0.794. The molecule has 10 aromatic carbocycles. The standard InChI is InChI=1S/C62H41N/c1-2-15-41(16-3-1)42-29-35-45(36-30-42)63(47-39-33-44(34-40-47)60-53-21-6-4-17-49(53)50-18-5-7-22-54(50)60)46-37-31-43(32-38-46)48-24-14-28-59-61(48)55-23-10-13-27-58(55)62(59)56-25-11-8-19-51(56)52-20-9-12-26-57(52)62/h1-40,60H. The summed E-state index contributed by atoms with van der Waals surface area (Å²) < 4.78 is 0. The largest absolute Gasteiger partial charge is 0.311 e. The van der Waals surface area contributed by atoms with Crippen LogP contribution >= 0.6 is 0 Å². The van der Waals surface area contributed by atoms with Gasteiger partial charge in [0.25, 0.3) is 0 Å². The Balaban J connectivity index is 0.924. The highest BCUT2D eigenvalue weighted by Crippen LogP contribution is 2.64. The molecule has 1 heteroatoms. The Morgan fingerprint density at radius 2 is 0.667 bits per heavy atom. The molecule has 0 amide bonds. The molecule has 3 aliphatic rings. The van der Waals surface area contributed by atoms with E-state index in [1.54, 1.807) is 0 Å². The Bertz CT molecular complexity index is 3290. The van der Waals surface area contributed by atoms with E-state index in [4.69, 9.17) is 0 Å². The lowest BCUT2D eigenvalue weighted by Gasteiger charge is -2.30. The van der Waals surface area contributed by atoms with E-state index in [2.05, 4.69) is 248 Å². The Morgan fingerprint density at radius 1 is 0.270 bits per heavy atom. The summed E-state index contributed by atoms with van der Waals surface area (Å²) >= 11 is 0. The van der Waals surface area contributed by atoms with Gasteiger partial charge in [0.05, 0.1) is 5.41 Å². The summed E-state index contributed by atoms with van der Waals surface area (Å²) in [5, 5.41) is 0. The summed E-state index contributed by atoms with van der Waals surface area (Å²) in [5.41, 5.74) is 25.3. The zero-order valence-electron chi connectivity index (χ0n) is 34.6. The quantitative estimate of drug-likeness (QED) is 0.162. The fraction of sp³-hybridized carbons (Fsp3) is 0.0323. The van der Waals surface area contributed by atoms with Crippen LogP contribution in [0.1, 0.15) is 44.9 Å². The first-order valence-corrected chi connectivity index (χ1v) is 22.0. The molecule has 3 aliphatic carbocycles. The smallest absolute Gasteiger partial charge is 0.0725 e. The highest BCUT2D eigenvalue weighted by molar-refractivity contribution is 6.00. The van der Waals surface area contributed by atoms with Crippen molar-refractivity contribution in [2.24, 2.45) is 0 Å². The molecule has 10 aromatic rings. The number of hydrogen-bond acceptors (Lipinski definition) is 1. The van der Waals surface area contributed by atoms with Gasteiger partial charge < -0.3 is 4.90 Å². The Hall–Kier alpha value is -8.00. The van der Waals surface area contributed by atoms with Gasteiger partial charge in [-0.05, 0) is 131 Å². The van der Waals surface area contributed by atoms with E-state index in [1.165, 1.54) is 94.6 Å². The summed E-state index contributed by atoms with van der Waals surface area (Å²) in [7, 11) is 0. The van der Waals surface area contributed by atoms with Crippen LogP contribution in [0.15, 0.2) is 243 Å². The molecule has 0 saturated heterocycles. The highest BCUT2D eigenvalue weighted by atomic mass is 15.1. The first kappa shape index (κ1) is 35.7. The summed E-state index contributed by atoms with van der Waals surface area (Å²) in [4.78, 5) is 2.39. The molecule has 0 atom stereocenters. The predicted molar refractivity (Wildman–Crippen MR) is 261 cm³/mol. The molecule has 0 N–H and O–H groups in total. The van der Waals surface area contributed by atoms with Crippen molar-refractivity contribution in [3.8, 4) is 55.6 Å². The van der Waals surface area contributed by atoms with Crippen molar-refractivity contribution in [2.75, 3.05) is 4.90 Å². The molecule has 294 valence electrons. The van der Waals surface area contributed by atoms with E-state index in [9.17, 15) is 0 Å². The predicted octanol–water partition coefficient (Wildman–Crippen LogP) is 16.0. The maximum atomic E-state index is 2.39. The molecule has 1 spiro atoms. The van der Waals surface area contributed by atoms with E-state index in [-0.39, 0.29) is 11.3 Å². The Kier molecular flexibility index (Phi) is 7.95. The Morgan fingerprint density at radius 3 is 1.24 bits per heavy atom. The normalized spacial score (nSPS) is 13.5. The van der Waals surface area contributed by atoms with Gasteiger partial charge in [-0.2, -0.15) is 0 Å². The summed E-state index contributed by atoms with van der Waals surface area (Å²) in [6.07, 6.45) is 0. The SMILES string of the molecule is c1ccc(-c2ccc(N(c3ccc(-c4cccc5c4-c4ccccc4C54c5ccccc5-c5ccccc54)cc3)c3ccc(C4c5ccccc5-c5ccccc54)cc3)cc2)cc1. The topological polar surface area (TPSA) is 3.24 Å². The van der Waals surface area contributed by atoms with Gasteiger partial charge in [0.15, 0.2) is 0 Å². The lowest BCUT2D eigenvalue weighted by atomic mass is 9.70. The average Bonchev–Trinajstić information content (AvgIpc) is 3.97. The van der Waals surface area contributed by atoms with E-state index in [0.717, 1.165) is 17.1 Å². The van der Waals surface area contributed by atoms with Crippen LogP contribution in [0.3, 0.4) is 0 Å². The van der Waals surface area contributed by atoms with Crippen molar-refractivity contribution < 1.29 is 0 Å². The van der Waals surface area contributed by atoms with Gasteiger partial charge in [0.1, 0.15) is 0 Å². The number of fused-ring (bicyclic) bond motifs is 13. The summed E-state index contributed by atoms with van der Waals surface area (Å²) in [6.45, 7) is 0. The zero-order chi connectivity index (χ0) is 41.5. The maximum absolute atomic E-state index is 2.39. The second-order valence-corrected chi connectivity index (χ2v) is 17.1. The van der Waals surface area contributed by atoms with E-state index in [1.807, 2.05) is 0 Å². The van der Waals surface area contributed by atoms with Crippen LogP contribution in [-0.4, -0.2) is 0 Å². The first-order valence-electron chi connectivity index (χ1n) is 22.0. The molecule has 0 bridgehead atoms. The third-order valence-corrected chi connectivity index (χ3v) is 14.0. The molecule has 0 saturated carbocycles. The lowest BCUT2D eigenvalue weighted by Crippen LogP contribution is -2.25. The molecule has 1 nitrogen and oxygen atoms in total. The van der Waals surface area contributed by atoms with Gasteiger partial charge in [-0.25, -0.2) is 0 Å². The third kappa shape index (κ3) is 5.24. The maximum Gasteiger partial charge on any atom is 0.0725 e. The number of hydrogen-bond donors (Lipinski definition) is 0. The van der Waals surface area contributed by atoms with E-state index < -0.39 is 0 Å². The minimum absolute atomic E-state index is 0.201. The van der Waals surface area contributed by atoms with Gasteiger partial charge in [0, 0.05) is 23.0 Å². The number of anilines is 3. The van der Waals surface area contributed by atoms with Gasteiger partial charge >= 0.3 is 0 Å². The third-order valence-electron chi connectivity index (χ3n) is 14.0. The average molecular weight is 800 g/mol. The van der Waals surface area contributed by atoms with Gasteiger partial charge in [0.2, 0.25) is 0 Å². The van der Waals surface area contributed by atoms with Crippen LogP contribution in [0.4, 0.5) is 17.1 Å². The molecule has 0 radical (unpaired) electrons. The van der Waals surface area contributed by atoms with Gasteiger partial charge in [-0.3, -0.25) is 0 Å².